The highest BCUT2D eigenvalue weighted by atomic mass is 32.2. The second-order valence-electron chi connectivity index (χ2n) is 6.34. The van der Waals surface area contributed by atoms with Crippen LogP contribution in [-0.4, -0.2) is 38.1 Å². The molecule has 0 saturated heterocycles. The molecule has 0 radical (unpaired) electrons. The summed E-state index contributed by atoms with van der Waals surface area (Å²) in [6, 6.07) is 13.4. The Morgan fingerprint density at radius 1 is 1.10 bits per heavy atom. The lowest BCUT2D eigenvalue weighted by molar-refractivity contribution is 0.460. The Bertz CT molecular complexity index is 1420. The molecule has 10 heteroatoms. The average Bonchev–Trinajstić information content (AvgIpc) is 3.27. The number of hydrogen-bond donors (Lipinski definition) is 3. The summed E-state index contributed by atoms with van der Waals surface area (Å²) in [5.74, 6) is 0.232. The van der Waals surface area contributed by atoms with Crippen LogP contribution < -0.4 is 4.72 Å². The fourth-order valence-corrected chi connectivity index (χ4v) is 4.14. The average molecular weight is 406 g/mol. The Labute approximate surface area is 164 Å². The van der Waals surface area contributed by atoms with Crippen molar-refractivity contribution in [1.29, 1.82) is 0 Å². The second-order valence-corrected chi connectivity index (χ2v) is 8.02. The Morgan fingerprint density at radius 2 is 2.00 bits per heavy atom. The van der Waals surface area contributed by atoms with E-state index in [1.165, 1.54) is 18.5 Å². The molecule has 0 fully saturated rings. The molecule has 1 aromatic carbocycles. The van der Waals surface area contributed by atoms with Crippen LogP contribution >= 0.6 is 0 Å². The second kappa shape index (κ2) is 6.31. The maximum atomic E-state index is 12.6. The third kappa shape index (κ3) is 2.95. The minimum absolute atomic E-state index is 0.0549. The van der Waals surface area contributed by atoms with Crippen molar-refractivity contribution < 1.29 is 13.5 Å². The lowest BCUT2D eigenvalue weighted by atomic mass is 10.1. The van der Waals surface area contributed by atoms with Crippen LogP contribution in [0.4, 0.5) is 5.69 Å². The topological polar surface area (TPSA) is 125 Å². The van der Waals surface area contributed by atoms with Crippen LogP contribution in [0, 0.1) is 0 Å². The van der Waals surface area contributed by atoms with Crippen molar-refractivity contribution in [2.45, 2.75) is 4.90 Å². The molecule has 0 unspecified atom stereocenters. The van der Waals surface area contributed by atoms with Gasteiger partial charge in [-0.05, 0) is 42.5 Å². The summed E-state index contributed by atoms with van der Waals surface area (Å²) >= 11 is 0. The highest BCUT2D eigenvalue weighted by Crippen LogP contribution is 2.36. The van der Waals surface area contributed by atoms with Gasteiger partial charge in [0, 0.05) is 35.2 Å². The number of hydrogen-bond acceptors (Lipinski definition) is 6. The van der Waals surface area contributed by atoms with E-state index in [4.69, 9.17) is 0 Å². The maximum absolute atomic E-state index is 12.6. The van der Waals surface area contributed by atoms with E-state index in [0.717, 1.165) is 0 Å². The molecule has 0 aliphatic carbocycles. The Balaban J connectivity index is 1.61. The van der Waals surface area contributed by atoms with E-state index >= 15 is 0 Å². The predicted molar refractivity (Wildman–Crippen MR) is 107 cm³/mol. The van der Waals surface area contributed by atoms with Gasteiger partial charge in [-0.1, -0.05) is 6.07 Å². The van der Waals surface area contributed by atoms with E-state index in [0.29, 0.717) is 33.6 Å². The number of nitrogens with one attached hydrogen (secondary N) is 2. The Hall–Kier alpha value is -3.92. The number of rotatable bonds is 4. The van der Waals surface area contributed by atoms with Gasteiger partial charge in [0.15, 0.2) is 11.5 Å². The van der Waals surface area contributed by atoms with Gasteiger partial charge in [0.05, 0.1) is 5.56 Å². The van der Waals surface area contributed by atoms with Gasteiger partial charge in [-0.25, -0.2) is 17.9 Å². The van der Waals surface area contributed by atoms with Crippen LogP contribution in [0.2, 0.25) is 0 Å². The van der Waals surface area contributed by atoms with Crippen LogP contribution in [0.3, 0.4) is 0 Å². The first-order chi connectivity index (χ1) is 14.0. The van der Waals surface area contributed by atoms with Gasteiger partial charge in [-0.2, -0.15) is 0 Å². The fraction of sp³-hybridized carbons (Fsp3) is 0. The standard InChI is InChI=1S/C19H14N6O3S/c26-19-17(18-22-16-5-1-2-9-25(16)23-18)14-10-12(6-7-15(14)21-19)24-29(27,28)13-4-3-8-20-11-13/h1-11,21,24,26H. The van der Waals surface area contributed by atoms with E-state index in [1.807, 2.05) is 12.1 Å². The largest absolute Gasteiger partial charge is 0.494 e. The van der Waals surface area contributed by atoms with Gasteiger partial charge in [0.1, 0.15) is 4.90 Å². The molecule has 4 aromatic heterocycles. The van der Waals surface area contributed by atoms with Crippen molar-refractivity contribution in [3.8, 4) is 17.3 Å². The molecule has 5 aromatic rings. The number of fused-ring (bicyclic) bond motifs is 2. The zero-order chi connectivity index (χ0) is 20.0. The number of benzene rings is 1. The molecule has 0 saturated carbocycles. The quantitative estimate of drug-likeness (QED) is 0.421. The van der Waals surface area contributed by atoms with E-state index in [2.05, 4.69) is 24.8 Å². The Morgan fingerprint density at radius 3 is 2.79 bits per heavy atom. The summed E-state index contributed by atoms with van der Waals surface area (Å²) in [5, 5.41) is 15.4. The third-order valence-corrected chi connectivity index (χ3v) is 5.81. The number of sulfonamides is 1. The lowest BCUT2D eigenvalue weighted by Gasteiger charge is -2.08. The van der Waals surface area contributed by atoms with E-state index in [9.17, 15) is 13.5 Å². The number of aromatic nitrogens is 5. The summed E-state index contributed by atoms with van der Waals surface area (Å²) in [6.07, 6.45) is 4.53. The first kappa shape index (κ1) is 17.2. The Kier molecular flexibility index (Phi) is 3.74. The summed E-state index contributed by atoms with van der Waals surface area (Å²) < 4.78 is 29.3. The van der Waals surface area contributed by atoms with Crippen LogP contribution in [0.1, 0.15) is 0 Å². The summed E-state index contributed by atoms with van der Waals surface area (Å²) in [4.78, 5) is 11.2. The van der Waals surface area contributed by atoms with Crippen molar-refractivity contribution in [2.24, 2.45) is 0 Å². The minimum Gasteiger partial charge on any atom is -0.494 e. The van der Waals surface area contributed by atoms with Gasteiger partial charge in [0.25, 0.3) is 10.0 Å². The molecule has 5 rings (SSSR count). The zero-order valence-electron chi connectivity index (χ0n) is 14.8. The highest BCUT2D eigenvalue weighted by molar-refractivity contribution is 7.92. The monoisotopic (exact) mass is 406 g/mol. The smallest absolute Gasteiger partial charge is 0.263 e. The summed E-state index contributed by atoms with van der Waals surface area (Å²) in [6.45, 7) is 0. The van der Waals surface area contributed by atoms with Gasteiger partial charge in [-0.3, -0.25) is 9.71 Å². The number of anilines is 1. The summed E-state index contributed by atoms with van der Waals surface area (Å²) in [5.41, 5.74) is 1.99. The fourth-order valence-electron chi connectivity index (χ4n) is 3.13. The highest BCUT2D eigenvalue weighted by Gasteiger charge is 2.19. The molecule has 9 nitrogen and oxygen atoms in total. The molecular weight excluding hydrogens is 392 g/mol. The van der Waals surface area contributed by atoms with Crippen molar-refractivity contribution in [3.63, 3.8) is 0 Å². The van der Waals surface area contributed by atoms with Crippen LogP contribution in [0.5, 0.6) is 5.88 Å². The molecule has 4 heterocycles. The molecule has 0 aliphatic rings. The molecule has 0 bridgehead atoms. The molecule has 3 N–H and O–H groups in total. The molecule has 0 aliphatic heterocycles. The molecule has 29 heavy (non-hydrogen) atoms. The normalized spacial score (nSPS) is 11.9. The molecule has 0 atom stereocenters. The SMILES string of the molecule is O=S(=O)(Nc1ccc2[nH]c(O)c(-c3nc4ccccn4n3)c2c1)c1cccnc1. The summed E-state index contributed by atoms with van der Waals surface area (Å²) in [7, 11) is -3.79. The third-order valence-electron chi connectivity index (χ3n) is 4.44. The van der Waals surface area contributed by atoms with Crippen LogP contribution in [-0.2, 0) is 10.0 Å². The lowest BCUT2D eigenvalue weighted by Crippen LogP contribution is -2.12. The van der Waals surface area contributed by atoms with E-state index in [1.54, 1.807) is 41.0 Å². The van der Waals surface area contributed by atoms with Gasteiger partial charge in [0.2, 0.25) is 5.88 Å². The number of aromatic amines is 1. The van der Waals surface area contributed by atoms with Gasteiger partial charge >= 0.3 is 0 Å². The first-order valence-electron chi connectivity index (χ1n) is 8.60. The predicted octanol–water partition coefficient (Wildman–Crippen LogP) is 2.78. The van der Waals surface area contributed by atoms with Gasteiger partial charge < -0.3 is 10.1 Å². The van der Waals surface area contributed by atoms with E-state index < -0.39 is 10.0 Å². The van der Waals surface area contributed by atoms with Crippen molar-refractivity contribution in [2.75, 3.05) is 4.72 Å². The number of pyridine rings is 2. The number of H-pyrrole nitrogens is 1. The zero-order valence-corrected chi connectivity index (χ0v) is 15.6. The van der Waals surface area contributed by atoms with E-state index in [-0.39, 0.29) is 10.8 Å². The van der Waals surface area contributed by atoms with Crippen LogP contribution in [0.15, 0.2) is 72.0 Å². The van der Waals surface area contributed by atoms with Crippen molar-refractivity contribution >= 4 is 32.3 Å². The van der Waals surface area contributed by atoms with Crippen molar-refractivity contribution in [1.82, 2.24) is 24.6 Å². The molecule has 0 amide bonds. The maximum Gasteiger partial charge on any atom is 0.263 e. The van der Waals surface area contributed by atoms with Crippen molar-refractivity contribution in [3.05, 3.63) is 67.1 Å². The number of nitrogens with zero attached hydrogens (tertiary/aromatic N) is 4. The molecular formula is C19H14N6O3S. The van der Waals surface area contributed by atoms with Crippen LogP contribution in [0.25, 0.3) is 27.9 Å². The minimum atomic E-state index is -3.79. The van der Waals surface area contributed by atoms with Gasteiger partial charge in [-0.15, -0.1) is 5.10 Å². The molecule has 144 valence electrons. The first-order valence-corrected chi connectivity index (χ1v) is 10.1. The molecule has 0 spiro atoms. The number of aromatic hydroxyl groups is 1.